The summed E-state index contributed by atoms with van der Waals surface area (Å²) in [6, 6.07) is 9.56. The molecule has 0 spiro atoms. The van der Waals surface area contributed by atoms with Gasteiger partial charge in [-0.25, -0.2) is 0 Å². The molecule has 2 rings (SSSR count). The molecule has 0 bridgehead atoms. The molecule has 130 valence electrons. The fourth-order valence-electron chi connectivity index (χ4n) is 3.20. The van der Waals surface area contributed by atoms with E-state index in [0.717, 1.165) is 18.4 Å². The smallest absolute Gasteiger partial charge is 0.303 e. The second kappa shape index (κ2) is 9.26. The largest absolute Gasteiger partial charge is 0.458 e. The Morgan fingerprint density at radius 3 is 2.17 bits per heavy atom. The van der Waals surface area contributed by atoms with Crippen molar-refractivity contribution in [3.63, 3.8) is 0 Å². The molecule has 4 heteroatoms. The summed E-state index contributed by atoms with van der Waals surface area (Å²) in [7, 11) is 0. The molecular weight excluding hydrogens is 304 g/mol. The molecule has 0 amide bonds. The standard InChI is InChI=1S/C20H26O4/c1-15(21)23-19(17-9-5-3-6-10-17)13-14-20(24-16(2)22)18-11-7-4-8-12-18/h3,5-6,9-10,13-14,18-20H,4,7-8,11-12H2,1-2H3/b14-13-/t19-,20-/m1/s1. The number of carbonyl (C=O) groups is 2. The van der Waals surface area contributed by atoms with E-state index in [1.165, 1.54) is 33.1 Å². The molecule has 2 atom stereocenters. The minimum atomic E-state index is -0.467. The Hall–Kier alpha value is -2.10. The lowest BCUT2D eigenvalue weighted by atomic mass is 9.85. The molecule has 0 aromatic heterocycles. The SMILES string of the molecule is CC(=O)O[C@H](/C=C\[C@@H](OC(C)=O)C1CCCCC1)c1ccccc1. The molecule has 24 heavy (non-hydrogen) atoms. The molecule has 1 aromatic carbocycles. The highest BCUT2D eigenvalue weighted by atomic mass is 16.5. The summed E-state index contributed by atoms with van der Waals surface area (Å²) in [6.45, 7) is 2.83. The predicted molar refractivity (Wildman–Crippen MR) is 92.2 cm³/mol. The fraction of sp³-hybridized carbons (Fsp3) is 0.500. The molecule has 1 aromatic rings. The molecule has 1 fully saturated rings. The molecule has 1 aliphatic rings. The Balaban J connectivity index is 2.15. The first-order valence-electron chi connectivity index (χ1n) is 8.64. The van der Waals surface area contributed by atoms with Crippen LogP contribution in [0.25, 0.3) is 0 Å². The van der Waals surface area contributed by atoms with E-state index in [-0.39, 0.29) is 18.0 Å². The Morgan fingerprint density at radius 2 is 1.58 bits per heavy atom. The molecule has 1 aliphatic carbocycles. The van der Waals surface area contributed by atoms with Crippen molar-refractivity contribution >= 4 is 11.9 Å². The van der Waals surface area contributed by atoms with Crippen LogP contribution in [0.5, 0.6) is 0 Å². The summed E-state index contributed by atoms with van der Waals surface area (Å²) in [5.41, 5.74) is 0.897. The van der Waals surface area contributed by atoms with Crippen molar-refractivity contribution in [2.75, 3.05) is 0 Å². The van der Waals surface area contributed by atoms with Gasteiger partial charge in [-0.05, 0) is 36.5 Å². The van der Waals surface area contributed by atoms with Crippen molar-refractivity contribution in [1.29, 1.82) is 0 Å². The van der Waals surface area contributed by atoms with Gasteiger partial charge in [0.1, 0.15) is 12.2 Å². The molecule has 4 nitrogen and oxygen atoms in total. The van der Waals surface area contributed by atoms with E-state index in [9.17, 15) is 9.59 Å². The third kappa shape index (κ3) is 5.84. The van der Waals surface area contributed by atoms with Gasteiger partial charge in [-0.15, -0.1) is 0 Å². The quantitative estimate of drug-likeness (QED) is 0.574. The molecule has 0 heterocycles. The average molecular weight is 330 g/mol. The predicted octanol–water partition coefficient (Wildman–Crippen LogP) is 4.36. The highest BCUT2D eigenvalue weighted by Crippen LogP contribution is 2.30. The number of esters is 2. The van der Waals surface area contributed by atoms with Crippen LogP contribution in [-0.4, -0.2) is 18.0 Å². The van der Waals surface area contributed by atoms with Gasteiger partial charge in [0.2, 0.25) is 0 Å². The minimum Gasteiger partial charge on any atom is -0.458 e. The van der Waals surface area contributed by atoms with E-state index in [4.69, 9.17) is 9.47 Å². The van der Waals surface area contributed by atoms with Gasteiger partial charge in [-0.1, -0.05) is 49.6 Å². The van der Waals surface area contributed by atoms with Gasteiger partial charge in [0.15, 0.2) is 0 Å². The first kappa shape index (κ1) is 18.2. The van der Waals surface area contributed by atoms with Crippen LogP contribution < -0.4 is 0 Å². The van der Waals surface area contributed by atoms with Crippen molar-refractivity contribution in [2.24, 2.45) is 5.92 Å². The Morgan fingerprint density at radius 1 is 0.958 bits per heavy atom. The third-order valence-corrected chi connectivity index (χ3v) is 4.31. The minimum absolute atomic E-state index is 0.260. The maximum absolute atomic E-state index is 11.4. The van der Waals surface area contributed by atoms with E-state index in [1.54, 1.807) is 0 Å². The van der Waals surface area contributed by atoms with Crippen LogP contribution >= 0.6 is 0 Å². The van der Waals surface area contributed by atoms with E-state index in [2.05, 4.69) is 0 Å². The van der Waals surface area contributed by atoms with Crippen LogP contribution in [0.1, 0.15) is 57.6 Å². The summed E-state index contributed by atoms with van der Waals surface area (Å²) < 4.78 is 10.9. The van der Waals surface area contributed by atoms with Gasteiger partial charge < -0.3 is 9.47 Å². The molecule has 0 aliphatic heterocycles. The normalized spacial score (nSPS) is 18.1. The van der Waals surface area contributed by atoms with E-state index < -0.39 is 6.10 Å². The van der Waals surface area contributed by atoms with Gasteiger partial charge in [0.25, 0.3) is 0 Å². The van der Waals surface area contributed by atoms with Crippen molar-refractivity contribution in [3.8, 4) is 0 Å². The molecule has 0 N–H and O–H groups in total. The van der Waals surface area contributed by atoms with E-state index in [1.807, 2.05) is 42.5 Å². The van der Waals surface area contributed by atoms with Crippen molar-refractivity contribution in [1.82, 2.24) is 0 Å². The lowest BCUT2D eigenvalue weighted by molar-refractivity contribution is -0.147. The second-order valence-corrected chi connectivity index (χ2v) is 6.30. The van der Waals surface area contributed by atoms with Gasteiger partial charge in [-0.3, -0.25) is 9.59 Å². The molecule has 0 saturated heterocycles. The monoisotopic (exact) mass is 330 g/mol. The summed E-state index contributed by atoms with van der Waals surface area (Å²) in [5, 5.41) is 0. The van der Waals surface area contributed by atoms with Gasteiger partial charge >= 0.3 is 11.9 Å². The van der Waals surface area contributed by atoms with Crippen LogP contribution in [0, 0.1) is 5.92 Å². The third-order valence-electron chi connectivity index (χ3n) is 4.31. The lowest BCUT2D eigenvalue weighted by Gasteiger charge is -2.28. The highest BCUT2D eigenvalue weighted by molar-refractivity contribution is 5.67. The van der Waals surface area contributed by atoms with Crippen LogP contribution in [0.2, 0.25) is 0 Å². The Bertz CT molecular complexity index is 558. The zero-order chi connectivity index (χ0) is 17.4. The first-order valence-corrected chi connectivity index (χ1v) is 8.64. The number of benzene rings is 1. The van der Waals surface area contributed by atoms with E-state index in [0.29, 0.717) is 5.92 Å². The molecule has 0 unspecified atom stereocenters. The highest BCUT2D eigenvalue weighted by Gasteiger charge is 2.24. The first-order chi connectivity index (χ1) is 11.6. The number of hydrogen-bond acceptors (Lipinski definition) is 4. The van der Waals surface area contributed by atoms with Crippen molar-refractivity contribution < 1.29 is 19.1 Å². The number of carbonyl (C=O) groups excluding carboxylic acids is 2. The van der Waals surface area contributed by atoms with Crippen molar-refractivity contribution in [2.45, 2.75) is 58.2 Å². The van der Waals surface area contributed by atoms with Crippen LogP contribution in [0.15, 0.2) is 42.5 Å². The fourth-order valence-corrected chi connectivity index (χ4v) is 3.20. The Kier molecular flexibility index (Phi) is 7.04. The van der Waals surface area contributed by atoms with Gasteiger partial charge in [-0.2, -0.15) is 0 Å². The average Bonchev–Trinajstić information content (AvgIpc) is 2.58. The topological polar surface area (TPSA) is 52.6 Å². The second-order valence-electron chi connectivity index (χ2n) is 6.30. The number of hydrogen-bond donors (Lipinski definition) is 0. The van der Waals surface area contributed by atoms with Crippen molar-refractivity contribution in [3.05, 3.63) is 48.0 Å². The summed E-state index contributed by atoms with van der Waals surface area (Å²) in [4.78, 5) is 22.9. The molecule has 0 radical (unpaired) electrons. The molecule has 1 saturated carbocycles. The van der Waals surface area contributed by atoms with Crippen LogP contribution in [0.4, 0.5) is 0 Å². The lowest BCUT2D eigenvalue weighted by Crippen LogP contribution is -2.26. The summed E-state index contributed by atoms with van der Waals surface area (Å²) in [6.07, 6.45) is 8.70. The zero-order valence-corrected chi connectivity index (χ0v) is 14.4. The van der Waals surface area contributed by atoms with Gasteiger partial charge in [0.05, 0.1) is 0 Å². The number of rotatable bonds is 6. The molecular formula is C20H26O4. The number of ether oxygens (including phenoxy) is 2. The summed E-state index contributed by atoms with van der Waals surface area (Å²) >= 11 is 0. The maximum atomic E-state index is 11.4. The van der Waals surface area contributed by atoms with E-state index >= 15 is 0 Å². The Labute approximate surface area is 143 Å². The van der Waals surface area contributed by atoms with Crippen LogP contribution in [-0.2, 0) is 19.1 Å². The zero-order valence-electron chi connectivity index (χ0n) is 14.4. The van der Waals surface area contributed by atoms with Crippen LogP contribution in [0.3, 0.4) is 0 Å². The summed E-state index contributed by atoms with van der Waals surface area (Å²) in [5.74, 6) is -0.276. The maximum Gasteiger partial charge on any atom is 0.303 e. The van der Waals surface area contributed by atoms with Gasteiger partial charge in [0, 0.05) is 13.8 Å².